The second kappa shape index (κ2) is 5.40. The van der Waals surface area contributed by atoms with Crippen LogP contribution >= 0.6 is 11.8 Å². The summed E-state index contributed by atoms with van der Waals surface area (Å²) in [6, 6.07) is 16.7. The molecule has 2 aromatic carbocycles. The van der Waals surface area contributed by atoms with Crippen LogP contribution in [0.5, 0.6) is 0 Å². The average molecular weight is 270 g/mol. The summed E-state index contributed by atoms with van der Waals surface area (Å²) in [5, 5.41) is 10.5. The Bertz CT molecular complexity index is 579. The smallest absolute Gasteiger partial charge is 0.0806 e. The molecular weight excluding hydrogens is 252 g/mol. The summed E-state index contributed by atoms with van der Waals surface area (Å²) in [5.74, 6) is 0.515. The minimum atomic E-state index is -0.359. The zero-order chi connectivity index (χ0) is 13.2. The van der Waals surface area contributed by atoms with Gasteiger partial charge in [0.15, 0.2) is 0 Å². The van der Waals surface area contributed by atoms with E-state index in [2.05, 4.69) is 36.6 Å². The summed E-state index contributed by atoms with van der Waals surface area (Å²) >= 11 is 1.70. The molecule has 0 bridgehead atoms. The number of fused-ring (bicyclic) bond motifs is 1. The molecule has 0 aliphatic heterocycles. The molecule has 0 saturated carbocycles. The summed E-state index contributed by atoms with van der Waals surface area (Å²) in [4.78, 5) is 1.18. The van der Waals surface area contributed by atoms with E-state index >= 15 is 0 Å². The summed E-state index contributed by atoms with van der Waals surface area (Å²) in [7, 11) is 0. The first-order chi connectivity index (χ1) is 9.29. The van der Waals surface area contributed by atoms with Crippen molar-refractivity contribution in [3.63, 3.8) is 0 Å². The lowest BCUT2D eigenvalue weighted by molar-refractivity contribution is 0.151. The van der Waals surface area contributed by atoms with Gasteiger partial charge in [-0.1, -0.05) is 42.5 Å². The largest absolute Gasteiger partial charge is 0.388 e. The monoisotopic (exact) mass is 270 g/mol. The summed E-state index contributed by atoms with van der Waals surface area (Å²) in [5.41, 5.74) is 3.93. The van der Waals surface area contributed by atoms with Crippen LogP contribution in [0.15, 0.2) is 53.4 Å². The van der Waals surface area contributed by atoms with E-state index in [1.165, 1.54) is 16.0 Å². The zero-order valence-corrected chi connectivity index (χ0v) is 11.9. The van der Waals surface area contributed by atoms with Crippen molar-refractivity contribution in [2.75, 3.05) is 6.26 Å². The first-order valence-corrected chi connectivity index (χ1v) is 7.91. The Morgan fingerprint density at radius 2 is 1.89 bits per heavy atom. The first kappa shape index (κ1) is 12.8. The van der Waals surface area contributed by atoms with Gasteiger partial charge in [0.25, 0.3) is 0 Å². The van der Waals surface area contributed by atoms with E-state index in [1.54, 1.807) is 11.8 Å². The van der Waals surface area contributed by atoms with E-state index in [0.717, 1.165) is 18.4 Å². The van der Waals surface area contributed by atoms with Crippen molar-refractivity contribution < 1.29 is 5.11 Å². The lowest BCUT2D eigenvalue weighted by Crippen LogP contribution is -2.19. The lowest BCUT2D eigenvalue weighted by Gasteiger charge is -2.32. The van der Waals surface area contributed by atoms with Crippen molar-refractivity contribution in [1.82, 2.24) is 0 Å². The molecule has 1 nitrogen and oxygen atoms in total. The molecule has 3 rings (SSSR count). The van der Waals surface area contributed by atoms with Crippen LogP contribution in [-0.2, 0) is 6.42 Å². The topological polar surface area (TPSA) is 20.2 Å². The Hall–Kier alpha value is -1.25. The maximum Gasteiger partial charge on any atom is 0.0806 e. The molecule has 0 aromatic heterocycles. The fourth-order valence-electron chi connectivity index (χ4n) is 2.91. The molecule has 0 spiro atoms. The molecule has 0 heterocycles. The highest BCUT2D eigenvalue weighted by molar-refractivity contribution is 7.98. The highest BCUT2D eigenvalue weighted by atomic mass is 32.2. The van der Waals surface area contributed by atoms with Crippen molar-refractivity contribution in [2.24, 2.45) is 0 Å². The number of hydrogen-bond acceptors (Lipinski definition) is 2. The molecule has 19 heavy (non-hydrogen) atoms. The molecule has 2 unspecified atom stereocenters. The number of thioether (sulfide) groups is 1. The van der Waals surface area contributed by atoms with Crippen LogP contribution in [0.1, 0.15) is 35.1 Å². The van der Waals surface area contributed by atoms with Crippen LogP contribution < -0.4 is 0 Å². The number of aliphatic hydroxyl groups is 1. The van der Waals surface area contributed by atoms with Crippen molar-refractivity contribution >= 4 is 11.8 Å². The second-order valence-corrected chi connectivity index (χ2v) is 5.94. The molecular formula is C17H18OS. The molecule has 1 aliphatic rings. The SMILES string of the molecule is CSc1ccccc1C(O)CC1Cc2ccccc21. The van der Waals surface area contributed by atoms with Crippen LogP contribution in [0.25, 0.3) is 0 Å². The number of benzene rings is 2. The van der Waals surface area contributed by atoms with E-state index in [0.29, 0.717) is 5.92 Å². The fourth-order valence-corrected chi connectivity index (χ4v) is 3.57. The van der Waals surface area contributed by atoms with Crippen LogP contribution in [0.3, 0.4) is 0 Å². The maximum atomic E-state index is 10.5. The molecule has 2 atom stereocenters. The van der Waals surface area contributed by atoms with Gasteiger partial charge in [-0.05, 0) is 47.8 Å². The van der Waals surface area contributed by atoms with Crippen molar-refractivity contribution in [3.8, 4) is 0 Å². The van der Waals surface area contributed by atoms with Gasteiger partial charge in [-0.15, -0.1) is 11.8 Å². The van der Waals surface area contributed by atoms with Crippen LogP contribution in [0, 0.1) is 0 Å². The molecule has 2 aromatic rings. The zero-order valence-electron chi connectivity index (χ0n) is 11.0. The summed E-state index contributed by atoms with van der Waals surface area (Å²) < 4.78 is 0. The van der Waals surface area contributed by atoms with E-state index in [-0.39, 0.29) is 6.10 Å². The third kappa shape index (κ3) is 2.43. The predicted molar refractivity (Wildman–Crippen MR) is 80.7 cm³/mol. The first-order valence-electron chi connectivity index (χ1n) is 6.68. The highest BCUT2D eigenvalue weighted by Crippen LogP contribution is 2.41. The van der Waals surface area contributed by atoms with Gasteiger partial charge >= 0.3 is 0 Å². The molecule has 0 fully saturated rings. The van der Waals surface area contributed by atoms with Gasteiger partial charge < -0.3 is 5.11 Å². The quantitative estimate of drug-likeness (QED) is 0.841. The molecule has 1 N–H and O–H groups in total. The van der Waals surface area contributed by atoms with Crippen molar-refractivity contribution in [1.29, 1.82) is 0 Å². The van der Waals surface area contributed by atoms with Gasteiger partial charge in [0.2, 0.25) is 0 Å². The fraction of sp³-hybridized carbons (Fsp3) is 0.294. The predicted octanol–water partition coefficient (Wildman–Crippen LogP) is 4.17. The minimum Gasteiger partial charge on any atom is -0.388 e. The molecule has 0 saturated heterocycles. The number of aliphatic hydroxyl groups excluding tert-OH is 1. The Morgan fingerprint density at radius 3 is 2.68 bits per heavy atom. The molecule has 0 radical (unpaired) electrons. The molecule has 0 amide bonds. The highest BCUT2D eigenvalue weighted by Gasteiger charge is 2.28. The third-order valence-corrected chi connectivity index (χ3v) is 4.78. The summed E-state index contributed by atoms with van der Waals surface area (Å²) in [6.07, 6.45) is 3.63. The van der Waals surface area contributed by atoms with Gasteiger partial charge in [0, 0.05) is 4.90 Å². The van der Waals surface area contributed by atoms with Crippen LogP contribution in [0.4, 0.5) is 0 Å². The lowest BCUT2D eigenvalue weighted by atomic mass is 9.74. The van der Waals surface area contributed by atoms with Crippen molar-refractivity contribution in [2.45, 2.75) is 29.8 Å². The van der Waals surface area contributed by atoms with Gasteiger partial charge in [-0.2, -0.15) is 0 Å². The second-order valence-electron chi connectivity index (χ2n) is 5.09. The third-order valence-electron chi connectivity index (χ3n) is 3.97. The Labute approximate surface area is 118 Å². The standard InChI is InChI=1S/C17H18OS/c1-19-17-9-5-4-8-15(17)16(18)11-13-10-12-6-2-3-7-14(12)13/h2-9,13,16,18H,10-11H2,1H3. The molecule has 2 heteroatoms. The summed E-state index contributed by atoms with van der Waals surface area (Å²) in [6.45, 7) is 0. The Morgan fingerprint density at radius 1 is 1.16 bits per heavy atom. The normalized spacial score (nSPS) is 18.5. The van der Waals surface area contributed by atoms with E-state index < -0.39 is 0 Å². The van der Waals surface area contributed by atoms with Crippen LogP contribution in [0.2, 0.25) is 0 Å². The Balaban J connectivity index is 1.75. The number of hydrogen-bond donors (Lipinski definition) is 1. The minimum absolute atomic E-state index is 0.359. The van der Waals surface area contributed by atoms with Gasteiger partial charge in [0.05, 0.1) is 6.10 Å². The van der Waals surface area contributed by atoms with E-state index in [4.69, 9.17) is 0 Å². The average Bonchev–Trinajstić information content (AvgIpc) is 2.44. The van der Waals surface area contributed by atoms with Gasteiger partial charge in [-0.3, -0.25) is 0 Å². The maximum absolute atomic E-state index is 10.5. The number of rotatable bonds is 4. The van der Waals surface area contributed by atoms with Gasteiger partial charge in [0.1, 0.15) is 0 Å². The molecule has 98 valence electrons. The molecule has 1 aliphatic carbocycles. The Kier molecular flexibility index (Phi) is 3.63. The van der Waals surface area contributed by atoms with E-state index in [9.17, 15) is 5.11 Å². The van der Waals surface area contributed by atoms with Crippen molar-refractivity contribution in [3.05, 3.63) is 65.2 Å². The van der Waals surface area contributed by atoms with Gasteiger partial charge in [-0.25, -0.2) is 0 Å². The van der Waals surface area contributed by atoms with E-state index in [1.807, 2.05) is 18.2 Å². The van der Waals surface area contributed by atoms with Crippen LogP contribution in [-0.4, -0.2) is 11.4 Å².